The van der Waals surface area contributed by atoms with Crippen LogP contribution in [-0.4, -0.2) is 29.8 Å². The van der Waals surface area contributed by atoms with Gasteiger partial charge in [-0.15, -0.1) is 0 Å². The lowest BCUT2D eigenvalue weighted by Gasteiger charge is -2.22. The van der Waals surface area contributed by atoms with Crippen LogP contribution in [0.2, 0.25) is 0 Å². The Hall–Kier alpha value is -1.20. The minimum atomic E-state index is -0.243. The van der Waals surface area contributed by atoms with Crippen LogP contribution in [0.15, 0.2) is 4.79 Å². The molecular weight excluding hydrogens is 208 g/mol. The van der Waals surface area contributed by atoms with Crippen LogP contribution in [0.1, 0.15) is 30.1 Å². The van der Waals surface area contributed by atoms with Gasteiger partial charge in [0, 0.05) is 5.56 Å². The number of nitrogens with zero attached hydrogens (tertiary/aromatic N) is 1. The second kappa shape index (κ2) is 4.76. The molecule has 0 bridgehead atoms. The SMILES string of the molecule is CCc1nc(C2COCCO2)[nH]c(=O)c1C. The van der Waals surface area contributed by atoms with Crippen LogP contribution in [0.25, 0.3) is 0 Å². The molecule has 0 amide bonds. The van der Waals surface area contributed by atoms with E-state index >= 15 is 0 Å². The maximum absolute atomic E-state index is 11.7. The van der Waals surface area contributed by atoms with Crippen molar-refractivity contribution in [3.8, 4) is 0 Å². The molecule has 2 rings (SSSR count). The van der Waals surface area contributed by atoms with Crippen molar-refractivity contribution < 1.29 is 9.47 Å². The Morgan fingerprint density at radius 3 is 2.94 bits per heavy atom. The van der Waals surface area contributed by atoms with Gasteiger partial charge in [0.1, 0.15) is 11.9 Å². The lowest BCUT2D eigenvalue weighted by molar-refractivity contribution is -0.0936. The lowest BCUT2D eigenvalue weighted by Crippen LogP contribution is -2.27. The molecule has 1 aromatic heterocycles. The Morgan fingerprint density at radius 2 is 2.31 bits per heavy atom. The van der Waals surface area contributed by atoms with Crippen molar-refractivity contribution in [3.05, 3.63) is 27.4 Å². The van der Waals surface area contributed by atoms with E-state index in [0.29, 0.717) is 31.2 Å². The first-order valence-electron chi connectivity index (χ1n) is 5.51. The van der Waals surface area contributed by atoms with E-state index < -0.39 is 0 Å². The maximum Gasteiger partial charge on any atom is 0.254 e. The number of aromatic amines is 1. The average molecular weight is 224 g/mol. The van der Waals surface area contributed by atoms with Crippen molar-refractivity contribution in [2.45, 2.75) is 26.4 Å². The first-order chi connectivity index (χ1) is 7.72. The summed E-state index contributed by atoms with van der Waals surface area (Å²) in [6.07, 6.45) is 0.503. The molecule has 1 aliphatic heterocycles. The number of aryl methyl sites for hydroxylation is 1. The summed E-state index contributed by atoms with van der Waals surface area (Å²) in [5.74, 6) is 0.576. The molecule has 0 radical (unpaired) electrons. The van der Waals surface area contributed by atoms with Crippen molar-refractivity contribution in [3.63, 3.8) is 0 Å². The van der Waals surface area contributed by atoms with Gasteiger partial charge < -0.3 is 14.5 Å². The zero-order chi connectivity index (χ0) is 11.5. The topological polar surface area (TPSA) is 64.2 Å². The molecule has 88 valence electrons. The average Bonchev–Trinajstić information content (AvgIpc) is 2.33. The van der Waals surface area contributed by atoms with Crippen molar-refractivity contribution in [1.29, 1.82) is 0 Å². The van der Waals surface area contributed by atoms with Gasteiger partial charge in [-0.3, -0.25) is 4.79 Å². The van der Waals surface area contributed by atoms with Crippen molar-refractivity contribution >= 4 is 0 Å². The molecule has 1 aromatic rings. The molecule has 5 nitrogen and oxygen atoms in total. The second-order valence-electron chi connectivity index (χ2n) is 3.81. The summed E-state index contributed by atoms with van der Waals surface area (Å²) in [5, 5.41) is 0. The highest BCUT2D eigenvalue weighted by Crippen LogP contribution is 2.16. The zero-order valence-corrected chi connectivity index (χ0v) is 9.58. The standard InChI is InChI=1S/C11H16N2O3/c1-3-8-7(2)11(14)13-10(12-8)9-6-15-4-5-16-9/h9H,3-6H2,1-2H3,(H,12,13,14). The van der Waals surface area contributed by atoms with Gasteiger partial charge in [-0.1, -0.05) is 6.92 Å². The van der Waals surface area contributed by atoms with Gasteiger partial charge in [-0.05, 0) is 13.3 Å². The minimum absolute atomic E-state index is 0.0870. The fourth-order valence-electron chi connectivity index (χ4n) is 1.74. The number of H-pyrrole nitrogens is 1. The van der Waals surface area contributed by atoms with E-state index in [1.54, 1.807) is 6.92 Å². The molecular formula is C11H16N2O3. The van der Waals surface area contributed by atoms with Crippen molar-refractivity contribution in [1.82, 2.24) is 9.97 Å². The molecule has 0 spiro atoms. The zero-order valence-electron chi connectivity index (χ0n) is 9.58. The van der Waals surface area contributed by atoms with Gasteiger partial charge in [0.05, 0.1) is 25.5 Å². The van der Waals surface area contributed by atoms with E-state index in [9.17, 15) is 4.79 Å². The summed E-state index contributed by atoms with van der Waals surface area (Å²) in [4.78, 5) is 18.8. The summed E-state index contributed by atoms with van der Waals surface area (Å²) in [5.41, 5.74) is 1.42. The predicted molar refractivity (Wildman–Crippen MR) is 58.5 cm³/mol. The van der Waals surface area contributed by atoms with E-state index in [0.717, 1.165) is 12.1 Å². The normalized spacial score (nSPS) is 21.0. The number of hydrogen-bond acceptors (Lipinski definition) is 4. The fraction of sp³-hybridized carbons (Fsp3) is 0.636. The van der Waals surface area contributed by atoms with Crippen LogP contribution in [0.5, 0.6) is 0 Å². The molecule has 0 saturated carbocycles. The molecule has 16 heavy (non-hydrogen) atoms. The third-order valence-corrected chi connectivity index (χ3v) is 2.73. The highest BCUT2D eigenvalue weighted by molar-refractivity contribution is 5.16. The monoisotopic (exact) mass is 224 g/mol. The summed E-state index contributed by atoms with van der Waals surface area (Å²) >= 11 is 0. The Bertz CT molecular complexity index is 422. The molecule has 1 atom stereocenters. The summed E-state index contributed by atoms with van der Waals surface area (Å²) in [6.45, 7) is 5.37. The van der Waals surface area contributed by atoms with Crippen molar-refractivity contribution in [2.24, 2.45) is 0 Å². The Labute approximate surface area is 93.8 Å². The largest absolute Gasteiger partial charge is 0.376 e. The number of hydrogen-bond donors (Lipinski definition) is 1. The Morgan fingerprint density at radius 1 is 1.50 bits per heavy atom. The van der Waals surface area contributed by atoms with Crippen LogP contribution >= 0.6 is 0 Å². The van der Waals surface area contributed by atoms with Crippen LogP contribution in [0.3, 0.4) is 0 Å². The summed E-state index contributed by atoms with van der Waals surface area (Å²) < 4.78 is 10.8. The molecule has 1 saturated heterocycles. The fourth-order valence-corrected chi connectivity index (χ4v) is 1.74. The minimum Gasteiger partial charge on any atom is -0.376 e. The third-order valence-electron chi connectivity index (χ3n) is 2.73. The van der Waals surface area contributed by atoms with Gasteiger partial charge in [0.2, 0.25) is 0 Å². The first-order valence-corrected chi connectivity index (χ1v) is 5.51. The molecule has 0 aromatic carbocycles. The summed E-state index contributed by atoms with van der Waals surface area (Å²) in [6, 6.07) is 0. The van der Waals surface area contributed by atoms with Gasteiger partial charge in [0.15, 0.2) is 0 Å². The van der Waals surface area contributed by atoms with Gasteiger partial charge in [-0.2, -0.15) is 0 Å². The van der Waals surface area contributed by atoms with Gasteiger partial charge in [0.25, 0.3) is 5.56 Å². The third kappa shape index (κ3) is 2.15. The molecule has 5 heteroatoms. The van der Waals surface area contributed by atoms with E-state index in [1.807, 2.05) is 6.92 Å². The molecule has 1 fully saturated rings. The van der Waals surface area contributed by atoms with E-state index in [4.69, 9.17) is 9.47 Å². The molecule has 0 aliphatic carbocycles. The first kappa shape index (κ1) is 11.3. The maximum atomic E-state index is 11.7. The van der Waals surface area contributed by atoms with E-state index in [2.05, 4.69) is 9.97 Å². The Kier molecular flexibility index (Phi) is 3.36. The van der Waals surface area contributed by atoms with Crippen molar-refractivity contribution in [2.75, 3.05) is 19.8 Å². The van der Waals surface area contributed by atoms with Crippen LogP contribution in [0.4, 0.5) is 0 Å². The number of aromatic nitrogens is 2. The summed E-state index contributed by atoms with van der Waals surface area (Å²) in [7, 11) is 0. The Balaban J connectivity index is 2.33. The van der Waals surface area contributed by atoms with Crippen LogP contribution in [-0.2, 0) is 15.9 Å². The molecule has 1 aliphatic rings. The smallest absolute Gasteiger partial charge is 0.254 e. The number of rotatable bonds is 2. The molecule has 2 heterocycles. The second-order valence-corrected chi connectivity index (χ2v) is 3.81. The number of ether oxygens (including phenoxy) is 2. The van der Waals surface area contributed by atoms with Gasteiger partial charge in [-0.25, -0.2) is 4.98 Å². The van der Waals surface area contributed by atoms with E-state index in [-0.39, 0.29) is 11.7 Å². The van der Waals surface area contributed by atoms with Crippen LogP contribution in [0, 0.1) is 6.92 Å². The van der Waals surface area contributed by atoms with Crippen LogP contribution < -0.4 is 5.56 Å². The van der Waals surface area contributed by atoms with Gasteiger partial charge >= 0.3 is 0 Å². The lowest BCUT2D eigenvalue weighted by atomic mass is 10.2. The highest BCUT2D eigenvalue weighted by atomic mass is 16.6. The predicted octanol–water partition coefficient (Wildman–Crippen LogP) is 0.729. The van der Waals surface area contributed by atoms with E-state index in [1.165, 1.54) is 0 Å². The molecule has 1 unspecified atom stereocenters. The highest BCUT2D eigenvalue weighted by Gasteiger charge is 2.20. The molecule has 1 N–H and O–H groups in total. The number of nitrogens with one attached hydrogen (secondary N) is 1. The quantitative estimate of drug-likeness (QED) is 0.804.